The molecule has 4 heteroatoms. The van der Waals surface area contributed by atoms with Gasteiger partial charge in [-0.15, -0.1) is 0 Å². The molecule has 0 atom stereocenters. The fourth-order valence-corrected chi connectivity index (χ4v) is 1.64. The van der Waals surface area contributed by atoms with Gasteiger partial charge in [-0.3, -0.25) is 4.79 Å². The maximum absolute atomic E-state index is 11.7. The number of hydrogen-bond acceptors (Lipinski definition) is 3. The predicted molar refractivity (Wildman–Crippen MR) is 66.2 cm³/mol. The van der Waals surface area contributed by atoms with Gasteiger partial charge in [0, 0.05) is 24.7 Å². The highest BCUT2D eigenvalue weighted by molar-refractivity contribution is 5.94. The zero-order valence-electron chi connectivity index (χ0n) is 9.99. The molecule has 17 heavy (non-hydrogen) atoms. The number of amides is 1. The van der Waals surface area contributed by atoms with Crippen LogP contribution in [0.1, 0.15) is 28.8 Å². The van der Waals surface area contributed by atoms with Crippen LogP contribution in [0.5, 0.6) is 5.75 Å². The van der Waals surface area contributed by atoms with Crippen LogP contribution in [0.2, 0.25) is 0 Å². The molecule has 1 aromatic rings. The lowest BCUT2D eigenvalue weighted by molar-refractivity contribution is 0.0954. The van der Waals surface area contributed by atoms with Gasteiger partial charge in [0.15, 0.2) is 0 Å². The van der Waals surface area contributed by atoms with E-state index in [9.17, 15) is 9.90 Å². The molecule has 0 aromatic heterocycles. The van der Waals surface area contributed by atoms with Crippen molar-refractivity contribution < 1.29 is 9.90 Å². The van der Waals surface area contributed by atoms with E-state index in [-0.39, 0.29) is 11.7 Å². The summed E-state index contributed by atoms with van der Waals surface area (Å²) < 4.78 is 0. The first kappa shape index (κ1) is 11.9. The van der Waals surface area contributed by atoms with Gasteiger partial charge >= 0.3 is 0 Å². The van der Waals surface area contributed by atoms with E-state index in [1.807, 2.05) is 0 Å². The zero-order valence-corrected chi connectivity index (χ0v) is 9.99. The van der Waals surface area contributed by atoms with E-state index in [4.69, 9.17) is 0 Å². The van der Waals surface area contributed by atoms with Gasteiger partial charge in [0.1, 0.15) is 5.75 Å². The number of rotatable bonds is 5. The standard InChI is InChI=1S/C13H18N2O2/c1-9-8-10(2-5-12(9)16)13(17)15-7-6-14-11-3-4-11/h2,5,8,11,14,16H,3-4,6-7H2,1H3,(H,15,17). The highest BCUT2D eigenvalue weighted by Crippen LogP contribution is 2.18. The van der Waals surface area contributed by atoms with E-state index < -0.39 is 0 Å². The van der Waals surface area contributed by atoms with Gasteiger partial charge in [0.2, 0.25) is 0 Å². The molecule has 0 bridgehead atoms. The van der Waals surface area contributed by atoms with Crippen LogP contribution in [0.4, 0.5) is 0 Å². The summed E-state index contributed by atoms with van der Waals surface area (Å²) in [7, 11) is 0. The molecule has 3 N–H and O–H groups in total. The molecular formula is C13H18N2O2. The first-order valence-corrected chi connectivity index (χ1v) is 5.98. The minimum atomic E-state index is -0.0919. The Labute approximate surface area is 101 Å². The lowest BCUT2D eigenvalue weighted by Crippen LogP contribution is -2.32. The summed E-state index contributed by atoms with van der Waals surface area (Å²) in [5.41, 5.74) is 1.31. The Morgan fingerprint density at radius 2 is 2.18 bits per heavy atom. The number of phenols is 1. The summed E-state index contributed by atoms with van der Waals surface area (Å²) in [6.07, 6.45) is 2.51. The first-order valence-electron chi connectivity index (χ1n) is 5.98. The Kier molecular flexibility index (Phi) is 3.64. The number of carbonyl (C=O) groups excluding carboxylic acids is 1. The lowest BCUT2D eigenvalue weighted by atomic mass is 10.1. The fourth-order valence-electron chi connectivity index (χ4n) is 1.64. The van der Waals surface area contributed by atoms with E-state index in [1.54, 1.807) is 25.1 Å². The molecule has 4 nitrogen and oxygen atoms in total. The minimum absolute atomic E-state index is 0.0919. The van der Waals surface area contributed by atoms with Gasteiger partial charge in [-0.05, 0) is 43.5 Å². The molecule has 2 rings (SSSR count). The van der Waals surface area contributed by atoms with Crippen LogP contribution in [0.25, 0.3) is 0 Å². The quantitative estimate of drug-likeness (QED) is 0.670. The summed E-state index contributed by atoms with van der Waals surface area (Å²) in [6.45, 7) is 3.23. The second-order valence-corrected chi connectivity index (χ2v) is 4.49. The second-order valence-electron chi connectivity index (χ2n) is 4.49. The average molecular weight is 234 g/mol. The number of carbonyl (C=O) groups is 1. The summed E-state index contributed by atoms with van der Waals surface area (Å²) in [4.78, 5) is 11.7. The second kappa shape index (κ2) is 5.19. The molecule has 0 aliphatic heterocycles. The SMILES string of the molecule is Cc1cc(C(=O)NCCNC2CC2)ccc1O. The maximum atomic E-state index is 11.7. The Morgan fingerprint density at radius 3 is 2.82 bits per heavy atom. The highest BCUT2D eigenvalue weighted by Gasteiger charge is 2.19. The van der Waals surface area contributed by atoms with E-state index in [2.05, 4.69) is 10.6 Å². The minimum Gasteiger partial charge on any atom is -0.508 e. The maximum Gasteiger partial charge on any atom is 0.251 e. The van der Waals surface area contributed by atoms with Crippen LogP contribution in [0.15, 0.2) is 18.2 Å². The van der Waals surface area contributed by atoms with Gasteiger partial charge in [0.05, 0.1) is 0 Å². The van der Waals surface area contributed by atoms with Gasteiger partial charge < -0.3 is 15.7 Å². The molecule has 1 aliphatic carbocycles. The topological polar surface area (TPSA) is 61.4 Å². The van der Waals surface area contributed by atoms with Crippen LogP contribution in [-0.2, 0) is 0 Å². The molecule has 0 spiro atoms. The van der Waals surface area contributed by atoms with Gasteiger partial charge in [-0.25, -0.2) is 0 Å². The van der Waals surface area contributed by atoms with Crippen molar-refractivity contribution in [3.05, 3.63) is 29.3 Å². The largest absolute Gasteiger partial charge is 0.508 e. The first-order chi connectivity index (χ1) is 8.16. The summed E-state index contributed by atoms with van der Waals surface area (Å²) >= 11 is 0. The smallest absolute Gasteiger partial charge is 0.251 e. The van der Waals surface area contributed by atoms with Crippen LogP contribution in [-0.4, -0.2) is 30.1 Å². The zero-order chi connectivity index (χ0) is 12.3. The van der Waals surface area contributed by atoms with Crippen molar-refractivity contribution in [2.75, 3.05) is 13.1 Å². The van der Waals surface area contributed by atoms with Crippen molar-refractivity contribution in [1.29, 1.82) is 0 Å². The lowest BCUT2D eigenvalue weighted by Gasteiger charge is -2.07. The number of aryl methyl sites for hydroxylation is 1. The monoisotopic (exact) mass is 234 g/mol. The Morgan fingerprint density at radius 1 is 1.41 bits per heavy atom. The summed E-state index contributed by atoms with van der Waals surface area (Å²) in [5, 5.41) is 15.5. The molecular weight excluding hydrogens is 216 g/mol. The molecule has 0 heterocycles. The molecule has 1 aliphatic rings. The Hall–Kier alpha value is -1.55. The van der Waals surface area contributed by atoms with Gasteiger partial charge in [0.25, 0.3) is 5.91 Å². The van der Waals surface area contributed by atoms with Crippen LogP contribution in [0, 0.1) is 6.92 Å². The van der Waals surface area contributed by atoms with E-state index in [0.29, 0.717) is 23.7 Å². The molecule has 0 saturated heterocycles. The van der Waals surface area contributed by atoms with Gasteiger partial charge in [-0.1, -0.05) is 0 Å². The van der Waals surface area contributed by atoms with Crippen molar-refractivity contribution in [2.24, 2.45) is 0 Å². The normalized spacial score (nSPS) is 14.6. The fraction of sp³-hybridized carbons (Fsp3) is 0.462. The van der Waals surface area contributed by atoms with Crippen LogP contribution < -0.4 is 10.6 Å². The van der Waals surface area contributed by atoms with Crippen molar-refractivity contribution in [1.82, 2.24) is 10.6 Å². The molecule has 1 saturated carbocycles. The van der Waals surface area contributed by atoms with Crippen molar-refractivity contribution in [3.63, 3.8) is 0 Å². The Bertz CT molecular complexity index is 414. The molecule has 0 unspecified atom stereocenters. The predicted octanol–water partition coefficient (Wildman–Crippen LogP) is 1.18. The third kappa shape index (κ3) is 3.46. The third-order valence-electron chi connectivity index (χ3n) is 2.88. The van der Waals surface area contributed by atoms with Crippen molar-refractivity contribution in [3.8, 4) is 5.75 Å². The van der Waals surface area contributed by atoms with E-state index in [1.165, 1.54) is 12.8 Å². The summed E-state index contributed by atoms with van der Waals surface area (Å²) in [5.74, 6) is 0.127. The number of nitrogens with one attached hydrogen (secondary N) is 2. The molecule has 1 aromatic carbocycles. The van der Waals surface area contributed by atoms with Crippen molar-refractivity contribution in [2.45, 2.75) is 25.8 Å². The van der Waals surface area contributed by atoms with E-state index in [0.717, 1.165) is 6.54 Å². The molecule has 1 amide bonds. The number of phenolic OH excluding ortho intramolecular Hbond substituents is 1. The Balaban J connectivity index is 1.79. The molecule has 0 radical (unpaired) electrons. The number of hydrogen-bond donors (Lipinski definition) is 3. The molecule has 1 fully saturated rings. The van der Waals surface area contributed by atoms with Gasteiger partial charge in [-0.2, -0.15) is 0 Å². The number of aromatic hydroxyl groups is 1. The average Bonchev–Trinajstić information content (AvgIpc) is 3.12. The van der Waals surface area contributed by atoms with Crippen molar-refractivity contribution >= 4 is 5.91 Å². The third-order valence-corrected chi connectivity index (χ3v) is 2.88. The highest BCUT2D eigenvalue weighted by atomic mass is 16.3. The van der Waals surface area contributed by atoms with Crippen LogP contribution in [0.3, 0.4) is 0 Å². The van der Waals surface area contributed by atoms with E-state index >= 15 is 0 Å². The molecule has 92 valence electrons. The number of benzene rings is 1. The summed E-state index contributed by atoms with van der Waals surface area (Å²) in [6, 6.07) is 5.54. The van der Waals surface area contributed by atoms with Crippen LogP contribution >= 0.6 is 0 Å².